The van der Waals surface area contributed by atoms with Gasteiger partial charge in [0.1, 0.15) is 5.00 Å². The molecule has 2 fully saturated rings. The van der Waals surface area contributed by atoms with E-state index >= 15 is 0 Å². The number of anilines is 1. The molecule has 6 rings (SSSR count). The van der Waals surface area contributed by atoms with Gasteiger partial charge in [0.25, 0.3) is 5.91 Å². The lowest BCUT2D eigenvalue weighted by molar-refractivity contribution is -0.151. The number of allylic oxidation sites excluding steroid dienone is 2. The van der Waals surface area contributed by atoms with Crippen molar-refractivity contribution in [3.63, 3.8) is 0 Å². The molecular weight excluding hydrogens is 412 g/mol. The van der Waals surface area contributed by atoms with E-state index < -0.39 is 17.8 Å². The summed E-state index contributed by atoms with van der Waals surface area (Å²) in [7, 11) is 0. The van der Waals surface area contributed by atoms with E-state index in [9.17, 15) is 19.5 Å². The van der Waals surface area contributed by atoms with Crippen molar-refractivity contribution >= 4 is 34.1 Å². The van der Waals surface area contributed by atoms with E-state index in [1.165, 1.54) is 16.2 Å². The zero-order valence-corrected chi connectivity index (χ0v) is 18.7. The molecule has 5 unspecified atom stereocenters. The van der Waals surface area contributed by atoms with Gasteiger partial charge in [-0.2, -0.15) is 0 Å². The summed E-state index contributed by atoms with van der Waals surface area (Å²) >= 11 is 1.52. The van der Waals surface area contributed by atoms with Gasteiger partial charge in [-0.25, -0.2) is 0 Å². The Balaban J connectivity index is 1.44. The van der Waals surface area contributed by atoms with Gasteiger partial charge in [0, 0.05) is 10.9 Å². The molecule has 0 aromatic carbocycles. The Kier molecular flexibility index (Phi) is 5.40. The molecule has 2 amide bonds. The van der Waals surface area contributed by atoms with Gasteiger partial charge in [0.05, 0.1) is 17.4 Å². The molecule has 2 saturated carbocycles. The summed E-state index contributed by atoms with van der Waals surface area (Å²) in [6.07, 6.45) is 11.7. The zero-order chi connectivity index (χ0) is 21.7. The van der Waals surface area contributed by atoms with Crippen LogP contribution in [0.5, 0.6) is 0 Å². The average Bonchev–Trinajstić information content (AvgIpc) is 3.51. The van der Waals surface area contributed by atoms with Crippen LogP contribution in [0.25, 0.3) is 0 Å². The maximum atomic E-state index is 13.4. The maximum absolute atomic E-state index is 13.4. The van der Waals surface area contributed by atoms with Crippen LogP contribution < -0.4 is 10.6 Å². The number of fused-ring (bicyclic) bond motifs is 3. The zero-order valence-electron chi connectivity index (χ0n) is 17.9. The van der Waals surface area contributed by atoms with Crippen molar-refractivity contribution in [2.24, 2.45) is 29.6 Å². The third-order valence-corrected chi connectivity index (χ3v) is 8.83. The van der Waals surface area contributed by atoms with Gasteiger partial charge in [0.15, 0.2) is 0 Å². The van der Waals surface area contributed by atoms with E-state index in [2.05, 4.69) is 17.6 Å². The van der Waals surface area contributed by atoms with Crippen LogP contribution in [0.2, 0.25) is 0 Å². The van der Waals surface area contributed by atoms with E-state index in [0.29, 0.717) is 16.5 Å². The molecule has 2 bridgehead atoms. The standard InChI is InChI=1S/C24H30N2O4S/c1-2-12-3-10-16-17(11-12)31-23(20(16)22(28)25-15-8-9-15)26-21(27)18-13-4-6-14(7-5-13)19(18)24(29)30/h4,6,12-15,18-19H,2-3,5,7-11H2,1H3,(H,25,28)(H,26,27)(H,29,30). The third kappa shape index (κ3) is 3.81. The molecule has 0 spiro atoms. The predicted octanol–water partition coefficient (Wildman–Crippen LogP) is 4.01. The minimum atomic E-state index is -0.901. The summed E-state index contributed by atoms with van der Waals surface area (Å²) in [5.41, 5.74) is 1.71. The first-order valence-electron chi connectivity index (χ1n) is 11.6. The molecule has 166 valence electrons. The Morgan fingerprint density at radius 2 is 1.77 bits per heavy atom. The number of carboxylic acid groups (broad SMARTS) is 1. The molecule has 0 radical (unpaired) electrons. The van der Waals surface area contributed by atoms with Crippen molar-refractivity contribution in [1.82, 2.24) is 5.32 Å². The van der Waals surface area contributed by atoms with Crippen molar-refractivity contribution in [1.29, 1.82) is 0 Å². The number of aliphatic carboxylic acids is 1. The van der Waals surface area contributed by atoms with Gasteiger partial charge in [0.2, 0.25) is 5.91 Å². The highest BCUT2D eigenvalue weighted by Gasteiger charge is 2.48. The number of hydrogen-bond acceptors (Lipinski definition) is 4. The van der Waals surface area contributed by atoms with Crippen LogP contribution in [-0.2, 0) is 22.4 Å². The number of carbonyl (C=O) groups is 3. The summed E-state index contributed by atoms with van der Waals surface area (Å²) < 4.78 is 0. The van der Waals surface area contributed by atoms with Gasteiger partial charge < -0.3 is 15.7 Å². The molecule has 7 heteroatoms. The molecule has 5 aliphatic rings. The van der Waals surface area contributed by atoms with Gasteiger partial charge in [-0.05, 0) is 68.3 Å². The molecule has 3 N–H and O–H groups in total. The molecule has 5 atom stereocenters. The van der Waals surface area contributed by atoms with Crippen molar-refractivity contribution in [3.05, 3.63) is 28.2 Å². The van der Waals surface area contributed by atoms with Gasteiger partial charge in [-0.15, -0.1) is 11.3 Å². The number of carbonyl (C=O) groups excluding carboxylic acids is 2. The highest BCUT2D eigenvalue weighted by Crippen LogP contribution is 2.46. The highest BCUT2D eigenvalue weighted by molar-refractivity contribution is 7.17. The molecule has 6 nitrogen and oxygen atoms in total. The minimum absolute atomic E-state index is 0.0473. The molecule has 1 heterocycles. The molecule has 1 aromatic rings. The quantitative estimate of drug-likeness (QED) is 0.580. The molecular formula is C24H30N2O4S. The summed E-state index contributed by atoms with van der Waals surface area (Å²) in [5.74, 6) is -2.03. The smallest absolute Gasteiger partial charge is 0.307 e. The van der Waals surface area contributed by atoms with Crippen molar-refractivity contribution < 1.29 is 19.5 Å². The maximum Gasteiger partial charge on any atom is 0.307 e. The second-order valence-electron chi connectivity index (χ2n) is 9.64. The molecule has 1 aromatic heterocycles. The van der Waals surface area contributed by atoms with Crippen LogP contribution in [0.15, 0.2) is 12.2 Å². The first-order valence-corrected chi connectivity index (χ1v) is 12.4. The topological polar surface area (TPSA) is 95.5 Å². The Bertz CT molecular complexity index is 948. The fraction of sp³-hybridized carbons (Fsp3) is 0.625. The third-order valence-electron chi connectivity index (χ3n) is 7.66. The predicted molar refractivity (Wildman–Crippen MR) is 119 cm³/mol. The summed E-state index contributed by atoms with van der Waals surface area (Å²) in [5, 5.41) is 16.5. The SMILES string of the molecule is CCC1CCc2c(sc(NC(=O)C3C4C=CC(CC4)C3C(=O)O)c2C(=O)NC2CC2)C1. The van der Waals surface area contributed by atoms with E-state index in [1.54, 1.807) is 0 Å². The van der Waals surface area contributed by atoms with Gasteiger partial charge in [-0.3, -0.25) is 14.4 Å². The van der Waals surface area contributed by atoms with Crippen molar-refractivity contribution in [2.45, 2.75) is 64.3 Å². The number of carboxylic acids is 1. The van der Waals surface area contributed by atoms with Crippen LogP contribution >= 0.6 is 11.3 Å². The van der Waals surface area contributed by atoms with Crippen LogP contribution in [-0.4, -0.2) is 28.9 Å². The Morgan fingerprint density at radius 3 is 2.39 bits per heavy atom. The second kappa shape index (κ2) is 8.08. The number of rotatable bonds is 6. The second-order valence-corrected chi connectivity index (χ2v) is 10.7. The number of thiophene rings is 1. The number of hydrogen-bond donors (Lipinski definition) is 3. The van der Waals surface area contributed by atoms with E-state index in [4.69, 9.17) is 0 Å². The lowest BCUT2D eigenvalue weighted by Gasteiger charge is -2.41. The lowest BCUT2D eigenvalue weighted by atomic mass is 9.62. The minimum Gasteiger partial charge on any atom is -0.481 e. The average molecular weight is 443 g/mol. The molecule has 0 aliphatic heterocycles. The largest absolute Gasteiger partial charge is 0.481 e. The fourth-order valence-corrected chi connectivity index (χ4v) is 7.06. The lowest BCUT2D eigenvalue weighted by Crippen LogP contribution is -2.47. The summed E-state index contributed by atoms with van der Waals surface area (Å²) in [6, 6.07) is 0.245. The Hall–Kier alpha value is -2.15. The van der Waals surface area contributed by atoms with Crippen LogP contribution in [0.1, 0.15) is 66.2 Å². The first kappa shape index (κ1) is 20.7. The highest BCUT2D eigenvalue weighted by atomic mass is 32.1. The van der Waals surface area contributed by atoms with Crippen LogP contribution in [0.4, 0.5) is 5.00 Å². The van der Waals surface area contributed by atoms with Crippen LogP contribution in [0, 0.1) is 29.6 Å². The van der Waals surface area contributed by atoms with E-state index in [1.807, 2.05) is 12.2 Å². The summed E-state index contributed by atoms with van der Waals surface area (Å²) in [4.78, 5) is 39.6. The Morgan fingerprint density at radius 1 is 1.06 bits per heavy atom. The van der Waals surface area contributed by atoms with Crippen LogP contribution in [0.3, 0.4) is 0 Å². The van der Waals surface area contributed by atoms with Crippen molar-refractivity contribution in [2.75, 3.05) is 5.32 Å². The monoisotopic (exact) mass is 442 g/mol. The van der Waals surface area contributed by atoms with E-state index in [-0.39, 0.29) is 29.7 Å². The number of amides is 2. The molecule has 5 aliphatic carbocycles. The first-order chi connectivity index (χ1) is 15.0. The van der Waals surface area contributed by atoms with Gasteiger partial charge >= 0.3 is 5.97 Å². The fourth-order valence-electron chi connectivity index (χ4n) is 5.70. The normalized spacial score (nSPS) is 31.2. The van der Waals surface area contributed by atoms with Gasteiger partial charge in [-0.1, -0.05) is 25.5 Å². The number of nitrogens with one attached hydrogen (secondary N) is 2. The van der Waals surface area contributed by atoms with Crippen molar-refractivity contribution in [3.8, 4) is 0 Å². The Labute approximate surface area is 186 Å². The summed E-state index contributed by atoms with van der Waals surface area (Å²) in [6.45, 7) is 2.20. The van der Waals surface area contributed by atoms with E-state index in [0.717, 1.165) is 56.9 Å². The molecule has 0 saturated heterocycles. The molecule has 31 heavy (non-hydrogen) atoms.